The minimum Gasteiger partial charge on any atom is -0.493 e. The summed E-state index contributed by atoms with van der Waals surface area (Å²) in [6.45, 7) is 0.731. The molecular weight excluding hydrogens is 380 g/mol. The molecule has 0 aromatic heterocycles. The van der Waals surface area contributed by atoms with Gasteiger partial charge in [0.2, 0.25) is 5.75 Å². The lowest BCUT2D eigenvalue weighted by molar-refractivity contribution is -0.120. The van der Waals surface area contributed by atoms with Gasteiger partial charge in [-0.25, -0.2) is 0 Å². The number of rotatable bonds is 8. The van der Waals surface area contributed by atoms with Gasteiger partial charge in [-0.15, -0.1) is 0 Å². The molecule has 0 radical (unpaired) electrons. The molecule has 29 heavy (non-hydrogen) atoms. The summed E-state index contributed by atoms with van der Waals surface area (Å²) in [4.78, 5) is 17.1. The number of nitrogens with zero attached hydrogens (tertiary/aromatic N) is 1. The van der Waals surface area contributed by atoms with Crippen LogP contribution in [0.25, 0.3) is 0 Å². The first kappa shape index (κ1) is 20.1. The van der Waals surface area contributed by atoms with E-state index in [-0.39, 0.29) is 12.5 Å². The third-order valence-corrected chi connectivity index (χ3v) is 3.98. The maximum Gasteiger partial charge on any atom is 0.265 e. The van der Waals surface area contributed by atoms with Crippen LogP contribution in [0.15, 0.2) is 35.5 Å². The first-order chi connectivity index (χ1) is 14.1. The van der Waals surface area contributed by atoms with E-state index >= 15 is 0 Å². The van der Waals surface area contributed by atoms with Crippen LogP contribution in [-0.2, 0) is 9.63 Å². The normalized spacial score (nSPS) is 12.4. The molecule has 2 aromatic rings. The number of carbonyl (C=O) groups is 1. The smallest absolute Gasteiger partial charge is 0.265 e. The number of benzene rings is 2. The summed E-state index contributed by atoms with van der Waals surface area (Å²) in [5.41, 5.74) is 1.24. The number of ether oxygens (including phenoxy) is 5. The van der Waals surface area contributed by atoms with Gasteiger partial charge in [0.25, 0.3) is 5.91 Å². The number of amides is 1. The second-order valence-corrected chi connectivity index (χ2v) is 5.87. The van der Waals surface area contributed by atoms with Crippen LogP contribution in [-0.4, -0.2) is 53.3 Å². The predicted octanol–water partition coefficient (Wildman–Crippen LogP) is 2.47. The van der Waals surface area contributed by atoms with Crippen LogP contribution in [0.3, 0.4) is 0 Å². The molecule has 1 aliphatic heterocycles. The molecule has 1 aliphatic rings. The van der Waals surface area contributed by atoms with Crippen LogP contribution in [0.4, 0.5) is 5.69 Å². The Labute approximate surface area is 168 Å². The molecule has 0 fully saturated rings. The summed E-state index contributed by atoms with van der Waals surface area (Å²) in [6, 6.07) is 8.59. The average molecular weight is 402 g/mol. The SMILES string of the molecule is COc1cc(/C=N\OCC(=O)Nc2ccc3c(c2)OCCO3)cc(OC)c1OC. The monoisotopic (exact) mass is 402 g/mol. The second kappa shape index (κ2) is 9.54. The summed E-state index contributed by atoms with van der Waals surface area (Å²) in [6.07, 6.45) is 1.45. The topological polar surface area (TPSA) is 96.8 Å². The number of methoxy groups -OCH3 is 3. The van der Waals surface area contributed by atoms with Crippen molar-refractivity contribution in [3.8, 4) is 28.7 Å². The number of hydrogen-bond acceptors (Lipinski definition) is 8. The maximum atomic E-state index is 12.0. The average Bonchev–Trinajstić information content (AvgIpc) is 2.75. The van der Waals surface area contributed by atoms with Crippen molar-refractivity contribution >= 4 is 17.8 Å². The molecule has 9 nitrogen and oxygen atoms in total. The van der Waals surface area contributed by atoms with Crippen molar-refractivity contribution in [3.05, 3.63) is 35.9 Å². The Hall–Kier alpha value is -3.62. The highest BCUT2D eigenvalue weighted by atomic mass is 16.6. The summed E-state index contributed by atoms with van der Waals surface area (Å²) in [7, 11) is 4.57. The first-order valence-corrected chi connectivity index (χ1v) is 8.79. The zero-order chi connectivity index (χ0) is 20.6. The van der Waals surface area contributed by atoms with Crippen molar-refractivity contribution in [3.63, 3.8) is 0 Å². The van der Waals surface area contributed by atoms with E-state index in [0.717, 1.165) is 0 Å². The number of anilines is 1. The molecule has 0 unspecified atom stereocenters. The van der Waals surface area contributed by atoms with Gasteiger partial charge in [0, 0.05) is 17.3 Å². The van der Waals surface area contributed by atoms with Crippen LogP contribution in [0, 0.1) is 0 Å². The fourth-order valence-electron chi connectivity index (χ4n) is 2.69. The molecule has 0 atom stereocenters. The molecule has 0 saturated heterocycles. The number of oxime groups is 1. The van der Waals surface area contributed by atoms with Crippen LogP contribution in [0.5, 0.6) is 28.7 Å². The maximum absolute atomic E-state index is 12.0. The Balaban J connectivity index is 1.55. The van der Waals surface area contributed by atoms with Gasteiger partial charge >= 0.3 is 0 Å². The zero-order valence-electron chi connectivity index (χ0n) is 16.4. The first-order valence-electron chi connectivity index (χ1n) is 8.79. The highest BCUT2D eigenvalue weighted by Crippen LogP contribution is 2.37. The van der Waals surface area contributed by atoms with Crippen molar-refractivity contribution in [2.45, 2.75) is 0 Å². The van der Waals surface area contributed by atoms with Gasteiger partial charge < -0.3 is 33.8 Å². The van der Waals surface area contributed by atoms with Gasteiger partial charge in [0.05, 0.1) is 27.5 Å². The molecule has 154 valence electrons. The molecule has 9 heteroatoms. The fourth-order valence-corrected chi connectivity index (χ4v) is 2.69. The van der Waals surface area contributed by atoms with E-state index in [1.165, 1.54) is 27.5 Å². The van der Waals surface area contributed by atoms with Crippen LogP contribution >= 0.6 is 0 Å². The molecule has 0 spiro atoms. The molecule has 0 saturated carbocycles. The highest BCUT2D eigenvalue weighted by molar-refractivity contribution is 5.92. The quantitative estimate of drug-likeness (QED) is 0.535. The number of carbonyl (C=O) groups excluding carboxylic acids is 1. The highest BCUT2D eigenvalue weighted by Gasteiger charge is 2.14. The number of nitrogens with one attached hydrogen (secondary N) is 1. The van der Waals surface area contributed by atoms with Gasteiger partial charge in [0.1, 0.15) is 13.2 Å². The zero-order valence-corrected chi connectivity index (χ0v) is 16.4. The van der Waals surface area contributed by atoms with Crippen LogP contribution in [0.2, 0.25) is 0 Å². The summed E-state index contributed by atoms with van der Waals surface area (Å²) in [5, 5.41) is 6.53. The molecule has 3 rings (SSSR count). The molecule has 1 heterocycles. The van der Waals surface area contributed by atoms with Crippen molar-refractivity contribution < 1.29 is 33.3 Å². The number of hydrogen-bond donors (Lipinski definition) is 1. The van der Waals surface area contributed by atoms with Gasteiger partial charge in [-0.3, -0.25) is 4.79 Å². The van der Waals surface area contributed by atoms with E-state index in [0.29, 0.717) is 53.2 Å². The van der Waals surface area contributed by atoms with E-state index in [1.807, 2.05) is 0 Å². The van der Waals surface area contributed by atoms with Crippen LogP contribution in [0.1, 0.15) is 5.56 Å². The van der Waals surface area contributed by atoms with E-state index in [2.05, 4.69) is 10.5 Å². The minimum absolute atomic E-state index is 0.255. The second-order valence-electron chi connectivity index (χ2n) is 5.87. The van der Waals surface area contributed by atoms with Crippen molar-refractivity contribution in [2.24, 2.45) is 5.16 Å². The van der Waals surface area contributed by atoms with Gasteiger partial charge in [-0.1, -0.05) is 5.16 Å². The number of fused-ring (bicyclic) bond motifs is 1. The Bertz CT molecular complexity index is 873. The van der Waals surface area contributed by atoms with Gasteiger partial charge in [-0.05, 0) is 24.3 Å². The van der Waals surface area contributed by atoms with E-state index in [4.69, 9.17) is 28.5 Å². The Kier molecular flexibility index (Phi) is 6.62. The summed E-state index contributed by atoms with van der Waals surface area (Å²) < 4.78 is 26.8. The lowest BCUT2D eigenvalue weighted by atomic mass is 10.2. The Morgan fingerprint density at radius 2 is 1.72 bits per heavy atom. The van der Waals surface area contributed by atoms with Gasteiger partial charge in [-0.2, -0.15) is 0 Å². The van der Waals surface area contributed by atoms with Gasteiger partial charge in [0.15, 0.2) is 29.6 Å². The molecule has 2 aromatic carbocycles. The third kappa shape index (κ3) is 5.01. The minimum atomic E-state index is -0.358. The standard InChI is InChI=1S/C20H22N2O7/c1-24-17-8-13(9-18(25-2)20(17)26-3)11-21-29-12-19(23)22-14-4-5-15-16(10-14)28-7-6-27-15/h4-5,8-11H,6-7,12H2,1-3H3,(H,22,23)/b21-11-. The molecular formula is C20H22N2O7. The fraction of sp³-hybridized carbons (Fsp3) is 0.300. The Morgan fingerprint density at radius 1 is 1.03 bits per heavy atom. The van der Waals surface area contributed by atoms with E-state index in [1.54, 1.807) is 30.3 Å². The summed E-state index contributed by atoms with van der Waals surface area (Å²) >= 11 is 0. The third-order valence-electron chi connectivity index (χ3n) is 3.98. The van der Waals surface area contributed by atoms with Crippen LogP contribution < -0.4 is 29.0 Å². The Morgan fingerprint density at radius 3 is 2.38 bits per heavy atom. The molecule has 0 bridgehead atoms. The van der Waals surface area contributed by atoms with Crippen molar-refractivity contribution in [1.29, 1.82) is 0 Å². The van der Waals surface area contributed by atoms with Crippen molar-refractivity contribution in [2.75, 3.05) is 46.5 Å². The molecule has 1 N–H and O–H groups in total. The lowest BCUT2D eigenvalue weighted by Crippen LogP contribution is -2.18. The summed E-state index contributed by atoms with van der Waals surface area (Å²) in [5.74, 6) is 2.35. The largest absolute Gasteiger partial charge is 0.493 e. The van der Waals surface area contributed by atoms with E-state index < -0.39 is 0 Å². The van der Waals surface area contributed by atoms with Crippen molar-refractivity contribution in [1.82, 2.24) is 0 Å². The lowest BCUT2D eigenvalue weighted by Gasteiger charge is -2.18. The molecule has 1 amide bonds. The molecule has 0 aliphatic carbocycles. The van der Waals surface area contributed by atoms with E-state index in [9.17, 15) is 4.79 Å². The predicted molar refractivity (Wildman–Crippen MR) is 106 cm³/mol.